The molecule has 0 bridgehead atoms. The standard InChI is InChI=1S/C18H23NO2/c1-13(2)21-15-9-7-8-14(12-15)18(19-3)16-10-5-6-11-17(16)20-4/h5-13,18-19H,1-4H3. The molecular formula is C18H23NO2. The van der Waals surface area contributed by atoms with Crippen molar-refractivity contribution in [2.45, 2.75) is 26.0 Å². The topological polar surface area (TPSA) is 30.5 Å². The van der Waals surface area contributed by atoms with Crippen molar-refractivity contribution in [2.24, 2.45) is 0 Å². The summed E-state index contributed by atoms with van der Waals surface area (Å²) in [7, 11) is 3.65. The molecule has 0 saturated heterocycles. The molecule has 21 heavy (non-hydrogen) atoms. The smallest absolute Gasteiger partial charge is 0.123 e. The normalized spacial score (nSPS) is 12.2. The SMILES string of the molecule is CNC(c1cccc(OC(C)C)c1)c1ccccc1OC. The molecule has 3 nitrogen and oxygen atoms in total. The van der Waals surface area contributed by atoms with Gasteiger partial charge in [-0.25, -0.2) is 0 Å². The predicted molar refractivity (Wildman–Crippen MR) is 86.1 cm³/mol. The molecule has 2 rings (SSSR count). The van der Waals surface area contributed by atoms with E-state index in [0.717, 1.165) is 22.6 Å². The van der Waals surface area contributed by atoms with Gasteiger partial charge in [-0.15, -0.1) is 0 Å². The molecule has 3 heteroatoms. The summed E-state index contributed by atoms with van der Waals surface area (Å²) in [6, 6.07) is 16.3. The van der Waals surface area contributed by atoms with Crippen molar-refractivity contribution in [1.29, 1.82) is 0 Å². The van der Waals surface area contributed by atoms with Crippen LogP contribution in [0.25, 0.3) is 0 Å². The molecule has 0 radical (unpaired) electrons. The Morgan fingerprint density at radius 2 is 1.76 bits per heavy atom. The maximum absolute atomic E-state index is 5.78. The van der Waals surface area contributed by atoms with E-state index in [1.165, 1.54) is 0 Å². The zero-order chi connectivity index (χ0) is 15.2. The van der Waals surface area contributed by atoms with Crippen molar-refractivity contribution >= 4 is 0 Å². The van der Waals surface area contributed by atoms with Gasteiger partial charge in [-0.3, -0.25) is 0 Å². The Morgan fingerprint density at radius 1 is 1.00 bits per heavy atom. The molecule has 1 unspecified atom stereocenters. The molecule has 112 valence electrons. The van der Waals surface area contributed by atoms with Gasteiger partial charge in [0.15, 0.2) is 0 Å². The maximum atomic E-state index is 5.78. The predicted octanol–water partition coefficient (Wildman–Crippen LogP) is 3.79. The van der Waals surface area contributed by atoms with Crippen LogP contribution in [0.1, 0.15) is 31.0 Å². The Hall–Kier alpha value is -2.00. The van der Waals surface area contributed by atoms with Crippen molar-refractivity contribution in [3.05, 3.63) is 59.7 Å². The first-order chi connectivity index (χ1) is 10.2. The number of methoxy groups -OCH3 is 1. The van der Waals surface area contributed by atoms with Crippen LogP contribution in [-0.2, 0) is 0 Å². The van der Waals surface area contributed by atoms with Crippen LogP contribution >= 0.6 is 0 Å². The Morgan fingerprint density at radius 3 is 2.43 bits per heavy atom. The highest BCUT2D eigenvalue weighted by atomic mass is 16.5. The largest absolute Gasteiger partial charge is 0.496 e. The van der Waals surface area contributed by atoms with E-state index in [2.05, 4.69) is 23.5 Å². The van der Waals surface area contributed by atoms with Crippen molar-refractivity contribution in [1.82, 2.24) is 5.32 Å². The van der Waals surface area contributed by atoms with E-state index in [0.29, 0.717) is 0 Å². The Balaban J connectivity index is 2.37. The third-order valence-electron chi connectivity index (χ3n) is 3.30. The quantitative estimate of drug-likeness (QED) is 0.876. The van der Waals surface area contributed by atoms with Crippen molar-refractivity contribution < 1.29 is 9.47 Å². The molecule has 0 aliphatic carbocycles. The highest BCUT2D eigenvalue weighted by Gasteiger charge is 2.16. The summed E-state index contributed by atoms with van der Waals surface area (Å²) in [5.41, 5.74) is 2.27. The molecule has 0 spiro atoms. The van der Waals surface area contributed by atoms with E-state index in [1.54, 1.807) is 7.11 Å². The molecular weight excluding hydrogens is 262 g/mol. The molecule has 0 aliphatic rings. The number of benzene rings is 2. The zero-order valence-corrected chi connectivity index (χ0v) is 13.1. The summed E-state index contributed by atoms with van der Waals surface area (Å²) in [4.78, 5) is 0. The minimum Gasteiger partial charge on any atom is -0.496 e. The molecule has 0 fully saturated rings. The number of ether oxygens (including phenoxy) is 2. The summed E-state index contributed by atoms with van der Waals surface area (Å²) >= 11 is 0. The lowest BCUT2D eigenvalue weighted by Crippen LogP contribution is -2.18. The maximum Gasteiger partial charge on any atom is 0.123 e. The highest BCUT2D eigenvalue weighted by molar-refractivity contribution is 5.43. The number of nitrogens with one attached hydrogen (secondary N) is 1. The van der Waals surface area contributed by atoms with Crippen LogP contribution < -0.4 is 14.8 Å². The van der Waals surface area contributed by atoms with E-state index in [4.69, 9.17) is 9.47 Å². The zero-order valence-electron chi connectivity index (χ0n) is 13.1. The van der Waals surface area contributed by atoms with Crippen LogP contribution in [0.2, 0.25) is 0 Å². The van der Waals surface area contributed by atoms with Gasteiger partial charge in [0, 0.05) is 5.56 Å². The van der Waals surface area contributed by atoms with Crippen molar-refractivity contribution in [3.8, 4) is 11.5 Å². The van der Waals surface area contributed by atoms with Crippen LogP contribution in [0.15, 0.2) is 48.5 Å². The summed E-state index contributed by atoms with van der Waals surface area (Å²) in [6.45, 7) is 4.06. The average molecular weight is 285 g/mol. The fourth-order valence-electron chi connectivity index (χ4n) is 2.45. The fourth-order valence-corrected chi connectivity index (χ4v) is 2.45. The third kappa shape index (κ3) is 3.76. The van der Waals surface area contributed by atoms with Gasteiger partial charge >= 0.3 is 0 Å². The van der Waals surface area contributed by atoms with Crippen LogP contribution in [0.4, 0.5) is 0 Å². The van der Waals surface area contributed by atoms with E-state index in [1.807, 2.05) is 51.2 Å². The number of para-hydroxylation sites is 1. The minimum absolute atomic E-state index is 0.0665. The van der Waals surface area contributed by atoms with Gasteiger partial charge in [-0.2, -0.15) is 0 Å². The molecule has 0 saturated carbocycles. The van der Waals surface area contributed by atoms with Crippen LogP contribution in [0.3, 0.4) is 0 Å². The van der Waals surface area contributed by atoms with Gasteiger partial charge in [-0.1, -0.05) is 30.3 Å². The Kier molecular flexibility index (Phi) is 5.23. The molecule has 0 heterocycles. The number of hydrogen-bond donors (Lipinski definition) is 1. The lowest BCUT2D eigenvalue weighted by molar-refractivity contribution is 0.242. The second kappa shape index (κ2) is 7.14. The summed E-state index contributed by atoms with van der Waals surface area (Å²) in [5.74, 6) is 1.77. The molecule has 0 amide bonds. The lowest BCUT2D eigenvalue weighted by Gasteiger charge is -2.21. The first kappa shape index (κ1) is 15.4. The van der Waals surface area contributed by atoms with E-state index in [-0.39, 0.29) is 12.1 Å². The summed E-state index contributed by atoms with van der Waals surface area (Å²) in [5, 5.41) is 3.35. The van der Waals surface area contributed by atoms with Crippen molar-refractivity contribution in [3.63, 3.8) is 0 Å². The lowest BCUT2D eigenvalue weighted by atomic mass is 9.98. The first-order valence-electron chi connectivity index (χ1n) is 7.22. The number of hydrogen-bond acceptors (Lipinski definition) is 3. The molecule has 0 aliphatic heterocycles. The molecule has 1 N–H and O–H groups in total. The second-order valence-electron chi connectivity index (χ2n) is 5.20. The van der Waals surface area contributed by atoms with Crippen LogP contribution in [0, 0.1) is 0 Å². The Labute approximate surface area is 126 Å². The third-order valence-corrected chi connectivity index (χ3v) is 3.30. The fraction of sp³-hybridized carbons (Fsp3) is 0.333. The van der Waals surface area contributed by atoms with Gasteiger partial charge in [0.1, 0.15) is 11.5 Å². The summed E-state index contributed by atoms with van der Waals surface area (Å²) in [6.07, 6.45) is 0.166. The van der Waals surface area contributed by atoms with Gasteiger partial charge in [-0.05, 0) is 44.7 Å². The van der Waals surface area contributed by atoms with Crippen LogP contribution in [-0.4, -0.2) is 20.3 Å². The van der Waals surface area contributed by atoms with E-state index < -0.39 is 0 Å². The number of rotatable bonds is 6. The molecule has 2 aromatic rings. The highest BCUT2D eigenvalue weighted by Crippen LogP contribution is 2.31. The second-order valence-corrected chi connectivity index (χ2v) is 5.20. The molecule has 1 atom stereocenters. The van der Waals surface area contributed by atoms with Gasteiger partial charge in [0.2, 0.25) is 0 Å². The van der Waals surface area contributed by atoms with E-state index in [9.17, 15) is 0 Å². The molecule has 0 aromatic heterocycles. The first-order valence-corrected chi connectivity index (χ1v) is 7.22. The van der Waals surface area contributed by atoms with Gasteiger partial charge in [0.25, 0.3) is 0 Å². The molecule has 2 aromatic carbocycles. The van der Waals surface area contributed by atoms with Crippen LogP contribution in [0.5, 0.6) is 11.5 Å². The van der Waals surface area contributed by atoms with Crippen molar-refractivity contribution in [2.75, 3.05) is 14.2 Å². The van der Waals surface area contributed by atoms with Gasteiger partial charge in [0.05, 0.1) is 19.3 Å². The average Bonchev–Trinajstić information content (AvgIpc) is 2.48. The Bertz CT molecular complexity index is 581. The summed E-state index contributed by atoms with van der Waals surface area (Å²) < 4.78 is 11.3. The van der Waals surface area contributed by atoms with Gasteiger partial charge < -0.3 is 14.8 Å². The monoisotopic (exact) mass is 285 g/mol. The van der Waals surface area contributed by atoms with E-state index >= 15 is 0 Å². The minimum atomic E-state index is 0.0665.